The molecule has 2 nitrogen and oxygen atoms in total. The molecule has 3 rings (SSSR count). The summed E-state index contributed by atoms with van der Waals surface area (Å²) in [6.45, 7) is 0. The topological polar surface area (TPSA) is 20.3 Å². The zero-order valence-corrected chi connectivity index (χ0v) is 14.3. The first kappa shape index (κ1) is 16.6. The second-order valence-corrected chi connectivity index (χ2v) is 6.26. The monoisotopic (exact) mass is 335 g/mol. The minimum atomic E-state index is -0.141. The molecule has 0 aromatic heterocycles. The van der Waals surface area contributed by atoms with Crippen LogP contribution in [0.25, 0.3) is 0 Å². The van der Waals surface area contributed by atoms with Crippen LogP contribution in [-0.4, -0.2) is 16.6 Å². The smallest absolute Gasteiger partial charge is 0.231 e. The molecule has 0 radical (unpaired) electrons. The van der Waals surface area contributed by atoms with E-state index in [0.717, 1.165) is 11.1 Å². The van der Waals surface area contributed by atoms with E-state index in [2.05, 4.69) is 43.0 Å². The standard InChI is InChI=1S/C21H21NOS/c23-21(19(16-24)15-17-9-3-1-4-10-17)22-14-8-7-13-20(22)18-11-5-2-6-12-18/h1-14,19-20,24H,15-16H2. The Morgan fingerprint density at radius 2 is 1.67 bits per heavy atom. The Bertz CT molecular complexity index is 724. The third-order valence-corrected chi connectivity index (χ3v) is 4.68. The average Bonchev–Trinajstić information content (AvgIpc) is 2.67. The number of thiol groups is 1. The van der Waals surface area contributed by atoms with Crippen molar-refractivity contribution >= 4 is 18.5 Å². The van der Waals surface area contributed by atoms with E-state index in [4.69, 9.17) is 0 Å². The average molecular weight is 335 g/mol. The number of carbonyl (C=O) groups is 1. The molecule has 2 unspecified atom stereocenters. The summed E-state index contributed by atoms with van der Waals surface area (Å²) in [5.41, 5.74) is 2.28. The van der Waals surface area contributed by atoms with Crippen LogP contribution in [0.5, 0.6) is 0 Å². The van der Waals surface area contributed by atoms with Crippen molar-refractivity contribution in [3.63, 3.8) is 0 Å². The molecule has 0 aliphatic carbocycles. The summed E-state index contributed by atoms with van der Waals surface area (Å²) >= 11 is 4.43. The third-order valence-electron chi connectivity index (χ3n) is 4.24. The van der Waals surface area contributed by atoms with Crippen LogP contribution in [0.4, 0.5) is 0 Å². The highest BCUT2D eigenvalue weighted by Crippen LogP contribution is 2.28. The zero-order valence-electron chi connectivity index (χ0n) is 13.5. The Hall–Kier alpha value is -2.26. The predicted molar refractivity (Wildman–Crippen MR) is 102 cm³/mol. The predicted octanol–water partition coefficient (Wildman–Crippen LogP) is 4.43. The van der Waals surface area contributed by atoms with E-state index >= 15 is 0 Å². The van der Waals surface area contributed by atoms with E-state index < -0.39 is 0 Å². The Labute approximate surface area is 148 Å². The highest BCUT2D eigenvalue weighted by Gasteiger charge is 2.28. The quantitative estimate of drug-likeness (QED) is 0.802. The number of hydrogen-bond acceptors (Lipinski definition) is 2. The van der Waals surface area contributed by atoms with Gasteiger partial charge in [-0.1, -0.05) is 72.8 Å². The summed E-state index contributed by atoms with van der Waals surface area (Å²) in [4.78, 5) is 14.9. The van der Waals surface area contributed by atoms with Crippen molar-refractivity contribution in [2.24, 2.45) is 5.92 Å². The lowest BCUT2D eigenvalue weighted by atomic mass is 9.96. The fourth-order valence-corrected chi connectivity index (χ4v) is 3.25. The SMILES string of the molecule is O=C(C(CS)Cc1ccccc1)N1C=CC=CC1c1ccccc1. The molecule has 24 heavy (non-hydrogen) atoms. The first-order valence-electron chi connectivity index (χ1n) is 8.16. The lowest BCUT2D eigenvalue weighted by Gasteiger charge is -2.31. The van der Waals surface area contributed by atoms with Gasteiger partial charge in [0.15, 0.2) is 0 Å². The highest BCUT2D eigenvalue weighted by molar-refractivity contribution is 7.80. The van der Waals surface area contributed by atoms with Crippen LogP contribution in [0.15, 0.2) is 85.1 Å². The Morgan fingerprint density at radius 1 is 1.00 bits per heavy atom. The molecule has 0 spiro atoms. The molecule has 1 amide bonds. The number of allylic oxidation sites excluding steroid dienone is 2. The van der Waals surface area contributed by atoms with Gasteiger partial charge in [-0.2, -0.15) is 12.6 Å². The number of carbonyl (C=O) groups excluding carboxylic acids is 1. The summed E-state index contributed by atoms with van der Waals surface area (Å²) in [6, 6.07) is 20.2. The molecule has 2 aromatic carbocycles. The third kappa shape index (κ3) is 3.80. The molecule has 1 aliphatic rings. The normalized spacial score (nSPS) is 17.7. The molecule has 0 saturated carbocycles. The minimum absolute atomic E-state index is 0.0538. The highest BCUT2D eigenvalue weighted by atomic mass is 32.1. The molecule has 3 heteroatoms. The van der Waals surface area contributed by atoms with Gasteiger partial charge in [0.05, 0.1) is 12.0 Å². The summed E-state index contributed by atoms with van der Waals surface area (Å²) in [5, 5.41) is 0. The van der Waals surface area contributed by atoms with E-state index in [-0.39, 0.29) is 17.9 Å². The maximum atomic E-state index is 13.1. The maximum absolute atomic E-state index is 13.1. The van der Waals surface area contributed by atoms with Crippen LogP contribution in [0.2, 0.25) is 0 Å². The van der Waals surface area contributed by atoms with Crippen LogP contribution in [0.3, 0.4) is 0 Å². The van der Waals surface area contributed by atoms with Gasteiger partial charge in [-0.25, -0.2) is 0 Å². The van der Waals surface area contributed by atoms with Crippen molar-refractivity contribution in [2.75, 3.05) is 5.75 Å². The fourth-order valence-electron chi connectivity index (χ4n) is 2.97. The molecule has 1 aliphatic heterocycles. The number of amides is 1. The van der Waals surface area contributed by atoms with Gasteiger partial charge in [0.1, 0.15) is 0 Å². The summed E-state index contributed by atoms with van der Waals surface area (Å²) in [5.74, 6) is 0.505. The lowest BCUT2D eigenvalue weighted by molar-refractivity contribution is -0.133. The van der Waals surface area contributed by atoms with E-state index in [1.165, 1.54) is 0 Å². The van der Waals surface area contributed by atoms with Gasteiger partial charge in [0.2, 0.25) is 5.91 Å². The largest absolute Gasteiger partial charge is 0.308 e. The van der Waals surface area contributed by atoms with Crippen molar-refractivity contribution in [1.29, 1.82) is 0 Å². The summed E-state index contributed by atoms with van der Waals surface area (Å²) in [7, 11) is 0. The summed E-state index contributed by atoms with van der Waals surface area (Å²) in [6.07, 6.45) is 8.55. The first-order chi connectivity index (χ1) is 11.8. The van der Waals surface area contributed by atoms with Crippen LogP contribution in [-0.2, 0) is 11.2 Å². The first-order valence-corrected chi connectivity index (χ1v) is 8.79. The molecular weight excluding hydrogens is 314 g/mol. The molecule has 122 valence electrons. The van der Waals surface area contributed by atoms with E-state index in [1.54, 1.807) is 0 Å². The molecule has 0 saturated heterocycles. The molecule has 1 heterocycles. The number of benzene rings is 2. The maximum Gasteiger partial charge on any atom is 0.231 e. The van der Waals surface area contributed by atoms with E-state index in [0.29, 0.717) is 12.2 Å². The van der Waals surface area contributed by atoms with Crippen LogP contribution >= 0.6 is 12.6 Å². The molecule has 2 atom stereocenters. The fraction of sp³-hybridized carbons (Fsp3) is 0.190. The molecule has 0 N–H and O–H groups in total. The van der Waals surface area contributed by atoms with Gasteiger partial charge < -0.3 is 4.90 Å². The van der Waals surface area contributed by atoms with E-state index in [9.17, 15) is 4.79 Å². The van der Waals surface area contributed by atoms with Gasteiger partial charge in [-0.3, -0.25) is 4.79 Å². The lowest BCUT2D eigenvalue weighted by Crippen LogP contribution is -2.37. The van der Waals surface area contributed by atoms with Crippen molar-refractivity contribution in [3.8, 4) is 0 Å². The van der Waals surface area contributed by atoms with Crippen LogP contribution in [0.1, 0.15) is 17.2 Å². The Balaban J connectivity index is 1.80. The Morgan fingerprint density at radius 3 is 2.33 bits per heavy atom. The second-order valence-electron chi connectivity index (χ2n) is 5.90. The van der Waals surface area contributed by atoms with Gasteiger partial charge in [-0.15, -0.1) is 0 Å². The van der Waals surface area contributed by atoms with Crippen LogP contribution < -0.4 is 0 Å². The van der Waals surface area contributed by atoms with Crippen molar-refractivity contribution in [1.82, 2.24) is 4.90 Å². The van der Waals surface area contributed by atoms with Crippen molar-refractivity contribution < 1.29 is 4.79 Å². The van der Waals surface area contributed by atoms with Crippen molar-refractivity contribution in [2.45, 2.75) is 12.5 Å². The molecule has 2 aromatic rings. The number of nitrogens with zero attached hydrogens (tertiary/aromatic N) is 1. The van der Waals surface area contributed by atoms with Gasteiger partial charge in [0.25, 0.3) is 0 Å². The summed E-state index contributed by atoms with van der Waals surface area (Å²) < 4.78 is 0. The Kier molecular flexibility index (Phi) is 5.55. The second kappa shape index (κ2) is 8.02. The molecular formula is C21H21NOS. The zero-order chi connectivity index (χ0) is 16.8. The van der Waals surface area contributed by atoms with Crippen molar-refractivity contribution in [3.05, 3.63) is 96.2 Å². The van der Waals surface area contributed by atoms with Crippen LogP contribution in [0, 0.1) is 5.92 Å². The van der Waals surface area contributed by atoms with Gasteiger partial charge in [-0.05, 0) is 23.6 Å². The number of hydrogen-bond donors (Lipinski definition) is 1. The van der Waals surface area contributed by atoms with E-state index in [1.807, 2.05) is 59.7 Å². The number of rotatable bonds is 5. The molecule has 0 bridgehead atoms. The minimum Gasteiger partial charge on any atom is -0.308 e. The van der Waals surface area contributed by atoms with Gasteiger partial charge in [0, 0.05) is 12.0 Å². The molecule has 0 fully saturated rings. The van der Waals surface area contributed by atoms with Gasteiger partial charge >= 0.3 is 0 Å².